The van der Waals surface area contributed by atoms with Crippen molar-refractivity contribution in [3.8, 4) is 11.5 Å². The summed E-state index contributed by atoms with van der Waals surface area (Å²) < 4.78 is 28.9. The lowest BCUT2D eigenvalue weighted by atomic mass is 10.3. The Balaban J connectivity index is 2.85. The first-order chi connectivity index (χ1) is 7.82. The molecule has 0 heterocycles. The molecule has 0 atom stereocenters. The molecular formula is C10H11NO5S. The van der Waals surface area contributed by atoms with Gasteiger partial charge in [-0.25, -0.2) is 4.72 Å². The quantitative estimate of drug-likeness (QED) is 0.775. The van der Waals surface area contributed by atoms with Crippen LogP contribution < -0.4 is 8.91 Å². The predicted molar refractivity (Wildman–Crippen MR) is 60.6 cm³/mol. The number of hydrogen-bond acceptors (Lipinski definition) is 5. The number of amides is 1. The SMILES string of the molecule is C=C(C)C(=O)NS(=O)(=O)Oc1ccccc1O. The van der Waals surface area contributed by atoms with Crippen LogP contribution in [-0.2, 0) is 15.1 Å². The average Bonchev–Trinajstić information content (AvgIpc) is 2.20. The molecule has 0 unspecified atom stereocenters. The van der Waals surface area contributed by atoms with E-state index in [0.717, 1.165) is 0 Å². The summed E-state index contributed by atoms with van der Waals surface area (Å²) in [5, 5.41) is 9.30. The van der Waals surface area contributed by atoms with Crippen LogP contribution in [0.5, 0.6) is 11.5 Å². The molecular weight excluding hydrogens is 246 g/mol. The summed E-state index contributed by atoms with van der Waals surface area (Å²) in [7, 11) is -4.32. The van der Waals surface area contributed by atoms with Gasteiger partial charge in [-0.3, -0.25) is 4.79 Å². The monoisotopic (exact) mass is 257 g/mol. The molecule has 2 N–H and O–H groups in total. The van der Waals surface area contributed by atoms with Crippen LogP contribution in [0, 0.1) is 0 Å². The van der Waals surface area contributed by atoms with Gasteiger partial charge >= 0.3 is 10.3 Å². The predicted octanol–water partition coefficient (Wildman–Crippen LogP) is 0.708. The zero-order valence-corrected chi connectivity index (χ0v) is 9.82. The fourth-order valence-electron chi connectivity index (χ4n) is 0.867. The van der Waals surface area contributed by atoms with Gasteiger partial charge in [-0.1, -0.05) is 18.7 Å². The molecule has 17 heavy (non-hydrogen) atoms. The summed E-state index contributed by atoms with van der Waals surface area (Å²) in [6.45, 7) is 4.63. The van der Waals surface area contributed by atoms with Crippen LogP contribution in [0.25, 0.3) is 0 Å². The summed E-state index contributed by atoms with van der Waals surface area (Å²) in [6.07, 6.45) is 0. The van der Waals surface area contributed by atoms with E-state index < -0.39 is 16.2 Å². The highest BCUT2D eigenvalue weighted by Gasteiger charge is 2.18. The second-order valence-electron chi connectivity index (χ2n) is 3.22. The molecule has 0 aliphatic carbocycles. The highest BCUT2D eigenvalue weighted by Crippen LogP contribution is 2.25. The number of phenols is 1. The van der Waals surface area contributed by atoms with E-state index >= 15 is 0 Å². The van der Waals surface area contributed by atoms with Gasteiger partial charge < -0.3 is 9.29 Å². The summed E-state index contributed by atoms with van der Waals surface area (Å²) in [6, 6.07) is 5.48. The van der Waals surface area contributed by atoms with Crippen LogP contribution in [0.15, 0.2) is 36.4 Å². The van der Waals surface area contributed by atoms with Gasteiger partial charge in [0.1, 0.15) is 0 Å². The smallest absolute Gasteiger partial charge is 0.410 e. The molecule has 1 aromatic carbocycles. The maximum Gasteiger partial charge on any atom is 0.410 e. The van der Waals surface area contributed by atoms with Crippen molar-refractivity contribution in [2.75, 3.05) is 0 Å². The fourth-order valence-corrected chi connectivity index (χ4v) is 1.69. The maximum absolute atomic E-state index is 11.4. The van der Waals surface area contributed by atoms with Gasteiger partial charge in [0.2, 0.25) is 0 Å². The maximum atomic E-state index is 11.4. The molecule has 0 bridgehead atoms. The third-order valence-corrected chi connectivity index (χ3v) is 2.50. The van der Waals surface area contributed by atoms with Gasteiger partial charge in [0.05, 0.1) is 0 Å². The van der Waals surface area contributed by atoms with Crippen molar-refractivity contribution < 1.29 is 22.5 Å². The molecule has 0 aromatic heterocycles. The Morgan fingerprint density at radius 1 is 1.41 bits per heavy atom. The second-order valence-corrected chi connectivity index (χ2v) is 4.50. The van der Waals surface area contributed by atoms with Gasteiger partial charge in [0.25, 0.3) is 5.91 Å². The number of hydrogen-bond donors (Lipinski definition) is 2. The van der Waals surface area contributed by atoms with Crippen molar-refractivity contribution in [2.24, 2.45) is 0 Å². The average molecular weight is 257 g/mol. The molecule has 0 aliphatic rings. The molecule has 0 radical (unpaired) electrons. The summed E-state index contributed by atoms with van der Waals surface area (Å²) in [5.41, 5.74) is 0.0226. The first-order valence-corrected chi connectivity index (χ1v) is 5.93. The number of rotatable bonds is 4. The Kier molecular flexibility index (Phi) is 3.74. The van der Waals surface area contributed by atoms with Gasteiger partial charge in [0.15, 0.2) is 11.5 Å². The summed E-state index contributed by atoms with van der Waals surface area (Å²) >= 11 is 0. The van der Waals surface area contributed by atoms with Crippen molar-refractivity contribution in [1.29, 1.82) is 0 Å². The number of carbonyl (C=O) groups excluding carboxylic acids is 1. The third-order valence-electron chi connectivity index (χ3n) is 1.67. The van der Waals surface area contributed by atoms with E-state index in [-0.39, 0.29) is 17.1 Å². The molecule has 1 amide bonds. The molecule has 0 saturated heterocycles. The van der Waals surface area contributed by atoms with Gasteiger partial charge in [-0.05, 0) is 19.1 Å². The van der Waals surface area contributed by atoms with Crippen LogP contribution in [0.3, 0.4) is 0 Å². The minimum atomic E-state index is -4.32. The Bertz CT molecular complexity index is 550. The molecule has 92 valence electrons. The van der Waals surface area contributed by atoms with Crippen molar-refractivity contribution >= 4 is 16.2 Å². The zero-order chi connectivity index (χ0) is 13.1. The molecule has 0 saturated carbocycles. The third kappa shape index (κ3) is 3.80. The van der Waals surface area contributed by atoms with E-state index in [2.05, 4.69) is 10.8 Å². The molecule has 1 rings (SSSR count). The lowest BCUT2D eigenvalue weighted by Gasteiger charge is -2.08. The van der Waals surface area contributed by atoms with E-state index in [1.807, 2.05) is 0 Å². The van der Waals surface area contributed by atoms with Crippen LogP contribution >= 0.6 is 0 Å². The van der Waals surface area contributed by atoms with E-state index in [1.165, 1.54) is 31.2 Å². The first-order valence-electron chi connectivity index (χ1n) is 4.52. The van der Waals surface area contributed by atoms with E-state index in [9.17, 15) is 18.3 Å². The summed E-state index contributed by atoms with van der Waals surface area (Å²) in [5.74, 6) is -1.49. The number of aromatic hydroxyl groups is 1. The minimum Gasteiger partial charge on any atom is -0.504 e. The minimum absolute atomic E-state index is 0.0226. The number of phenolic OH excluding ortho intramolecular Hbond substituents is 1. The fraction of sp³-hybridized carbons (Fsp3) is 0.100. The Labute approximate surface area is 98.8 Å². The van der Waals surface area contributed by atoms with Gasteiger partial charge in [-0.2, -0.15) is 8.42 Å². The zero-order valence-electron chi connectivity index (χ0n) is 9.00. The number of benzene rings is 1. The Hall–Kier alpha value is -2.02. The molecule has 6 nitrogen and oxygen atoms in total. The molecule has 1 aromatic rings. The van der Waals surface area contributed by atoms with E-state index in [4.69, 9.17) is 0 Å². The van der Waals surface area contributed by atoms with Crippen molar-refractivity contribution in [3.05, 3.63) is 36.4 Å². The first kappa shape index (κ1) is 13.0. The van der Waals surface area contributed by atoms with E-state index in [1.54, 1.807) is 4.72 Å². The largest absolute Gasteiger partial charge is 0.504 e. The molecule has 0 aliphatic heterocycles. The van der Waals surface area contributed by atoms with Crippen LogP contribution in [0.2, 0.25) is 0 Å². The van der Waals surface area contributed by atoms with Crippen LogP contribution in [0.4, 0.5) is 0 Å². The standard InChI is InChI=1S/C10H11NO5S/c1-7(2)10(13)11-17(14,15)16-9-6-4-3-5-8(9)12/h3-6,12H,1H2,2H3,(H,11,13). The van der Waals surface area contributed by atoms with Gasteiger partial charge in [-0.15, -0.1) is 0 Å². The van der Waals surface area contributed by atoms with Crippen molar-refractivity contribution in [2.45, 2.75) is 6.92 Å². The normalized spacial score (nSPS) is 10.6. The lowest BCUT2D eigenvalue weighted by Crippen LogP contribution is -2.34. The van der Waals surface area contributed by atoms with Crippen LogP contribution in [0.1, 0.15) is 6.92 Å². The lowest BCUT2D eigenvalue weighted by molar-refractivity contribution is -0.115. The highest BCUT2D eigenvalue weighted by atomic mass is 32.2. The highest BCUT2D eigenvalue weighted by molar-refractivity contribution is 7.85. The number of para-hydroxylation sites is 2. The number of nitrogens with one attached hydrogen (secondary N) is 1. The second kappa shape index (κ2) is 4.88. The van der Waals surface area contributed by atoms with Gasteiger partial charge in [0, 0.05) is 5.57 Å². The Morgan fingerprint density at radius 2 is 2.00 bits per heavy atom. The number of carbonyl (C=O) groups is 1. The molecule has 0 spiro atoms. The van der Waals surface area contributed by atoms with Crippen molar-refractivity contribution in [1.82, 2.24) is 4.72 Å². The van der Waals surface area contributed by atoms with E-state index in [0.29, 0.717) is 0 Å². The molecule has 0 fully saturated rings. The molecule has 7 heteroatoms. The van der Waals surface area contributed by atoms with Crippen molar-refractivity contribution in [3.63, 3.8) is 0 Å². The Morgan fingerprint density at radius 3 is 2.53 bits per heavy atom. The topological polar surface area (TPSA) is 92.7 Å². The summed E-state index contributed by atoms with van der Waals surface area (Å²) in [4.78, 5) is 11.1. The van der Waals surface area contributed by atoms with Crippen LogP contribution in [-0.4, -0.2) is 19.4 Å².